The lowest BCUT2D eigenvalue weighted by Gasteiger charge is -2.10. The average molecular weight is 274 g/mol. The van der Waals surface area contributed by atoms with E-state index in [-0.39, 0.29) is 0 Å². The summed E-state index contributed by atoms with van der Waals surface area (Å²) in [4.78, 5) is 0. The van der Waals surface area contributed by atoms with Crippen LogP contribution in [0.4, 0.5) is 0 Å². The Balaban J connectivity index is 1.85. The molecular formula is C16H16ClNO. The Morgan fingerprint density at radius 1 is 1.05 bits per heavy atom. The summed E-state index contributed by atoms with van der Waals surface area (Å²) in [5.41, 5.74) is 9.43. The highest BCUT2D eigenvalue weighted by Gasteiger charge is 2.12. The summed E-state index contributed by atoms with van der Waals surface area (Å²) in [5, 5.41) is 0.600. The van der Waals surface area contributed by atoms with E-state index in [9.17, 15) is 0 Å². The van der Waals surface area contributed by atoms with Crippen molar-refractivity contribution >= 4 is 11.6 Å². The number of halogens is 1. The van der Waals surface area contributed by atoms with Crippen molar-refractivity contribution in [3.63, 3.8) is 0 Å². The molecule has 0 atom stereocenters. The zero-order chi connectivity index (χ0) is 13.2. The molecule has 0 radical (unpaired) electrons. The van der Waals surface area contributed by atoms with E-state index < -0.39 is 0 Å². The summed E-state index contributed by atoms with van der Waals surface area (Å²) in [6.07, 6.45) is 3.57. The molecule has 0 aromatic heterocycles. The normalized spacial score (nSPS) is 13.4. The molecule has 0 bridgehead atoms. The van der Waals surface area contributed by atoms with Crippen LogP contribution in [-0.4, -0.2) is 0 Å². The predicted molar refractivity (Wildman–Crippen MR) is 77.9 cm³/mol. The Morgan fingerprint density at radius 3 is 2.68 bits per heavy atom. The van der Waals surface area contributed by atoms with Crippen molar-refractivity contribution in [2.75, 3.05) is 0 Å². The molecule has 0 aliphatic heterocycles. The molecule has 0 fully saturated rings. The van der Waals surface area contributed by atoms with Crippen molar-refractivity contribution in [1.29, 1.82) is 0 Å². The molecular weight excluding hydrogens is 258 g/mol. The van der Waals surface area contributed by atoms with Gasteiger partial charge in [-0.25, -0.2) is 0 Å². The Bertz CT molecular complexity index is 610. The van der Waals surface area contributed by atoms with Gasteiger partial charge in [-0.1, -0.05) is 23.7 Å². The molecule has 0 unspecified atom stereocenters. The van der Waals surface area contributed by atoms with Gasteiger partial charge in [-0.15, -0.1) is 0 Å². The fourth-order valence-electron chi connectivity index (χ4n) is 2.49. The first kappa shape index (κ1) is 12.5. The fourth-order valence-corrected chi connectivity index (χ4v) is 2.73. The van der Waals surface area contributed by atoms with Crippen LogP contribution in [0, 0.1) is 0 Å². The number of fused-ring (bicyclic) bond motifs is 1. The van der Waals surface area contributed by atoms with Crippen LogP contribution < -0.4 is 10.5 Å². The molecule has 2 aromatic rings. The number of rotatable bonds is 3. The third-order valence-corrected chi connectivity index (χ3v) is 3.83. The molecule has 2 nitrogen and oxygen atoms in total. The predicted octanol–water partition coefficient (Wildman–Crippen LogP) is 4.08. The quantitative estimate of drug-likeness (QED) is 0.914. The second-order valence-corrected chi connectivity index (χ2v) is 5.26. The monoisotopic (exact) mass is 273 g/mol. The molecule has 0 amide bonds. The van der Waals surface area contributed by atoms with Gasteiger partial charge in [-0.05, 0) is 60.2 Å². The van der Waals surface area contributed by atoms with Gasteiger partial charge < -0.3 is 10.5 Å². The molecule has 3 rings (SSSR count). The van der Waals surface area contributed by atoms with E-state index in [1.165, 1.54) is 24.0 Å². The number of ether oxygens (including phenoxy) is 1. The van der Waals surface area contributed by atoms with Gasteiger partial charge >= 0.3 is 0 Å². The first-order valence-electron chi connectivity index (χ1n) is 6.54. The van der Waals surface area contributed by atoms with E-state index in [0.717, 1.165) is 17.7 Å². The van der Waals surface area contributed by atoms with Crippen LogP contribution in [-0.2, 0) is 19.4 Å². The first-order valence-corrected chi connectivity index (χ1v) is 6.92. The van der Waals surface area contributed by atoms with Gasteiger partial charge in [0, 0.05) is 6.54 Å². The van der Waals surface area contributed by atoms with Crippen molar-refractivity contribution in [1.82, 2.24) is 0 Å². The molecule has 1 aliphatic rings. The van der Waals surface area contributed by atoms with Gasteiger partial charge in [0.1, 0.15) is 11.5 Å². The SMILES string of the molecule is NCc1ccc(Oc2ccc3c(c2)CCC3)c(Cl)c1. The summed E-state index contributed by atoms with van der Waals surface area (Å²) in [7, 11) is 0. The average Bonchev–Trinajstić information content (AvgIpc) is 2.88. The van der Waals surface area contributed by atoms with E-state index in [0.29, 0.717) is 17.3 Å². The summed E-state index contributed by atoms with van der Waals surface area (Å²) in [6, 6.07) is 11.9. The van der Waals surface area contributed by atoms with E-state index in [1.54, 1.807) is 0 Å². The topological polar surface area (TPSA) is 35.2 Å². The number of nitrogens with two attached hydrogens (primary N) is 1. The Hall–Kier alpha value is -1.51. The van der Waals surface area contributed by atoms with Crippen LogP contribution in [0.25, 0.3) is 0 Å². The Morgan fingerprint density at radius 2 is 1.89 bits per heavy atom. The highest BCUT2D eigenvalue weighted by molar-refractivity contribution is 6.32. The largest absolute Gasteiger partial charge is 0.456 e. The number of aryl methyl sites for hydroxylation is 2. The second-order valence-electron chi connectivity index (χ2n) is 4.86. The van der Waals surface area contributed by atoms with Crippen molar-refractivity contribution < 1.29 is 4.74 Å². The van der Waals surface area contributed by atoms with Gasteiger partial charge in [0.25, 0.3) is 0 Å². The van der Waals surface area contributed by atoms with Crippen molar-refractivity contribution in [2.24, 2.45) is 5.73 Å². The minimum absolute atomic E-state index is 0.485. The molecule has 19 heavy (non-hydrogen) atoms. The third-order valence-electron chi connectivity index (χ3n) is 3.53. The second kappa shape index (κ2) is 5.24. The Kier molecular flexibility index (Phi) is 3.45. The molecule has 2 N–H and O–H groups in total. The minimum atomic E-state index is 0.485. The van der Waals surface area contributed by atoms with Crippen LogP contribution in [0.3, 0.4) is 0 Å². The molecule has 2 aromatic carbocycles. The zero-order valence-corrected chi connectivity index (χ0v) is 11.4. The van der Waals surface area contributed by atoms with E-state index in [4.69, 9.17) is 22.1 Å². The molecule has 0 heterocycles. The highest BCUT2D eigenvalue weighted by atomic mass is 35.5. The molecule has 3 heteroatoms. The van der Waals surface area contributed by atoms with Gasteiger partial charge in [0.15, 0.2) is 0 Å². The van der Waals surface area contributed by atoms with Crippen LogP contribution in [0.2, 0.25) is 5.02 Å². The molecule has 0 saturated heterocycles. The molecule has 0 spiro atoms. The maximum absolute atomic E-state index is 6.19. The van der Waals surface area contributed by atoms with Crippen LogP contribution in [0.5, 0.6) is 11.5 Å². The van der Waals surface area contributed by atoms with Crippen molar-refractivity contribution in [2.45, 2.75) is 25.8 Å². The maximum Gasteiger partial charge on any atom is 0.146 e. The minimum Gasteiger partial charge on any atom is -0.456 e. The van der Waals surface area contributed by atoms with Crippen LogP contribution >= 0.6 is 11.6 Å². The van der Waals surface area contributed by atoms with Crippen molar-refractivity contribution in [3.8, 4) is 11.5 Å². The van der Waals surface area contributed by atoms with Crippen molar-refractivity contribution in [3.05, 3.63) is 58.1 Å². The fraction of sp³-hybridized carbons (Fsp3) is 0.250. The maximum atomic E-state index is 6.19. The summed E-state index contributed by atoms with van der Waals surface area (Å²) in [5.74, 6) is 1.53. The third kappa shape index (κ3) is 2.60. The van der Waals surface area contributed by atoms with E-state index in [1.807, 2.05) is 24.3 Å². The summed E-state index contributed by atoms with van der Waals surface area (Å²) in [6.45, 7) is 0.485. The van der Waals surface area contributed by atoms with Gasteiger partial charge in [-0.2, -0.15) is 0 Å². The van der Waals surface area contributed by atoms with Gasteiger partial charge in [0.2, 0.25) is 0 Å². The lowest BCUT2D eigenvalue weighted by molar-refractivity contribution is 0.482. The number of benzene rings is 2. The smallest absolute Gasteiger partial charge is 0.146 e. The van der Waals surface area contributed by atoms with Crippen LogP contribution in [0.15, 0.2) is 36.4 Å². The summed E-state index contributed by atoms with van der Waals surface area (Å²) < 4.78 is 5.86. The van der Waals surface area contributed by atoms with Crippen LogP contribution in [0.1, 0.15) is 23.1 Å². The standard InChI is InChI=1S/C16H16ClNO/c17-15-8-11(10-18)4-7-16(15)19-14-6-5-12-2-1-3-13(12)9-14/h4-9H,1-3,10,18H2. The lowest BCUT2D eigenvalue weighted by atomic mass is 10.1. The van der Waals surface area contributed by atoms with E-state index >= 15 is 0 Å². The number of hydrogen-bond acceptors (Lipinski definition) is 2. The highest BCUT2D eigenvalue weighted by Crippen LogP contribution is 2.32. The zero-order valence-electron chi connectivity index (χ0n) is 10.7. The number of hydrogen-bond donors (Lipinski definition) is 1. The molecule has 1 aliphatic carbocycles. The Labute approximate surface area is 118 Å². The molecule has 98 valence electrons. The lowest BCUT2D eigenvalue weighted by Crippen LogP contribution is -1.96. The van der Waals surface area contributed by atoms with Gasteiger partial charge in [-0.3, -0.25) is 0 Å². The first-order chi connectivity index (χ1) is 9.26. The van der Waals surface area contributed by atoms with E-state index in [2.05, 4.69) is 12.1 Å². The molecule has 0 saturated carbocycles. The van der Waals surface area contributed by atoms with Gasteiger partial charge in [0.05, 0.1) is 5.02 Å². The summed E-state index contributed by atoms with van der Waals surface area (Å²) >= 11 is 6.19.